The van der Waals surface area contributed by atoms with E-state index in [0.29, 0.717) is 6.04 Å². The Morgan fingerprint density at radius 1 is 1.26 bits per heavy atom. The molecule has 1 aliphatic rings. The Morgan fingerprint density at radius 3 is 2.74 bits per heavy atom. The Balaban J connectivity index is 2.20. The van der Waals surface area contributed by atoms with Crippen molar-refractivity contribution in [2.45, 2.75) is 46.1 Å². The van der Waals surface area contributed by atoms with E-state index in [0.717, 1.165) is 6.54 Å². The highest BCUT2D eigenvalue weighted by molar-refractivity contribution is 5.54. The molecule has 1 aromatic carbocycles. The van der Waals surface area contributed by atoms with Gasteiger partial charge in [-0.1, -0.05) is 32.0 Å². The molecule has 1 aromatic rings. The summed E-state index contributed by atoms with van der Waals surface area (Å²) >= 11 is 0. The quantitative estimate of drug-likeness (QED) is 0.892. The van der Waals surface area contributed by atoms with Crippen molar-refractivity contribution in [3.8, 4) is 0 Å². The SMILES string of the molecule is CNC(C)C(C)(C)CN1CCCCc2ccccc21. The van der Waals surface area contributed by atoms with E-state index in [9.17, 15) is 0 Å². The summed E-state index contributed by atoms with van der Waals surface area (Å²) in [7, 11) is 2.06. The van der Waals surface area contributed by atoms with E-state index in [4.69, 9.17) is 0 Å². The minimum absolute atomic E-state index is 0.270. The number of nitrogens with zero attached hydrogens (tertiary/aromatic N) is 1. The van der Waals surface area contributed by atoms with Gasteiger partial charge in [-0.25, -0.2) is 0 Å². The average molecular weight is 260 g/mol. The smallest absolute Gasteiger partial charge is 0.0398 e. The van der Waals surface area contributed by atoms with Crippen LogP contribution in [0.1, 0.15) is 39.2 Å². The van der Waals surface area contributed by atoms with Crippen molar-refractivity contribution in [2.75, 3.05) is 25.0 Å². The van der Waals surface area contributed by atoms with Crippen LogP contribution in [0.3, 0.4) is 0 Å². The molecule has 0 amide bonds. The number of hydrogen-bond acceptors (Lipinski definition) is 2. The first-order chi connectivity index (χ1) is 9.04. The van der Waals surface area contributed by atoms with Gasteiger partial charge in [-0.15, -0.1) is 0 Å². The summed E-state index contributed by atoms with van der Waals surface area (Å²) in [4.78, 5) is 2.59. The van der Waals surface area contributed by atoms with Gasteiger partial charge in [0.15, 0.2) is 0 Å². The van der Waals surface area contributed by atoms with Gasteiger partial charge in [-0.2, -0.15) is 0 Å². The second-order valence-corrected chi connectivity index (χ2v) is 6.51. The molecule has 2 rings (SSSR count). The maximum absolute atomic E-state index is 3.41. The molecule has 106 valence electrons. The number of aryl methyl sites for hydroxylation is 1. The van der Waals surface area contributed by atoms with Crippen molar-refractivity contribution < 1.29 is 0 Å². The first-order valence-corrected chi connectivity index (χ1v) is 7.55. The number of anilines is 1. The minimum Gasteiger partial charge on any atom is -0.371 e. The van der Waals surface area contributed by atoms with Gasteiger partial charge in [-0.05, 0) is 50.3 Å². The van der Waals surface area contributed by atoms with E-state index < -0.39 is 0 Å². The lowest BCUT2D eigenvalue weighted by Gasteiger charge is -2.38. The van der Waals surface area contributed by atoms with Crippen LogP contribution in [0, 0.1) is 5.41 Å². The number of fused-ring (bicyclic) bond motifs is 1. The first kappa shape index (κ1) is 14.4. The molecule has 2 nitrogen and oxygen atoms in total. The molecule has 0 saturated carbocycles. The lowest BCUT2D eigenvalue weighted by atomic mass is 9.84. The van der Waals surface area contributed by atoms with E-state index in [2.05, 4.69) is 62.3 Å². The lowest BCUT2D eigenvalue weighted by Crippen LogP contribution is -2.46. The fraction of sp³-hybridized carbons (Fsp3) is 0.647. The number of nitrogens with one attached hydrogen (secondary N) is 1. The zero-order valence-electron chi connectivity index (χ0n) is 12.9. The Hall–Kier alpha value is -1.02. The van der Waals surface area contributed by atoms with Gasteiger partial charge in [0, 0.05) is 24.8 Å². The third-order valence-electron chi connectivity index (χ3n) is 4.66. The van der Waals surface area contributed by atoms with Gasteiger partial charge in [-0.3, -0.25) is 0 Å². The summed E-state index contributed by atoms with van der Waals surface area (Å²) in [5.74, 6) is 0. The van der Waals surface area contributed by atoms with E-state index in [1.54, 1.807) is 0 Å². The van der Waals surface area contributed by atoms with Crippen LogP contribution in [0.2, 0.25) is 0 Å². The minimum atomic E-state index is 0.270. The van der Waals surface area contributed by atoms with Gasteiger partial charge < -0.3 is 10.2 Å². The molecule has 0 spiro atoms. The third kappa shape index (κ3) is 3.30. The molecule has 1 N–H and O–H groups in total. The van der Waals surface area contributed by atoms with Crippen LogP contribution in [-0.4, -0.2) is 26.2 Å². The zero-order valence-corrected chi connectivity index (χ0v) is 12.9. The van der Waals surface area contributed by atoms with Crippen molar-refractivity contribution in [3.63, 3.8) is 0 Å². The highest BCUT2D eigenvalue weighted by atomic mass is 15.1. The van der Waals surface area contributed by atoms with E-state index in [1.807, 2.05) is 0 Å². The van der Waals surface area contributed by atoms with Crippen molar-refractivity contribution in [1.29, 1.82) is 0 Å². The fourth-order valence-electron chi connectivity index (χ4n) is 2.95. The molecule has 0 radical (unpaired) electrons. The first-order valence-electron chi connectivity index (χ1n) is 7.55. The molecular formula is C17H28N2. The Labute approximate surface area is 118 Å². The number of benzene rings is 1. The maximum atomic E-state index is 3.41. The zero-order chi connectivity index (χ0) is 13.9. The van der Waals surface area contributed by atoms with Crippen LogP contribution in [-0.2, 0) is 6.42 Å². The molecule has 1 atom stereocenters. The molecule has 1 aliphatic heterocycles. The van der Waals surface area contributed by atoms with Gasteiger partial charge in [0.2, 0.25) is 0 Å². The standard InChI is InChI=1S/C17H28N2/c1-14(18-4)17(2,3)13-19-12-8-7-10-15-9-5-6-11-16(15)19/h5-6,9,11,14,18H,7-8,10,12-13H2,1-4H3. The summed E-state index contributed by atoms with van der Waals surface area (Å²) in [6, 6.07) is 9.45. The maximum Gasteiger partial charge on any atom is 0.0398 e. The molecular weight excluding hydrogens is 232 g/mol. The van der Waals surface area contributed by atoms with Gasteiger partial charge in [0.1, 0.15) is 0 Å². The van der Waals surface area contributed by atoms with E-state index in [-0.39, 0.29) is 5.41 Å². The summed E-state index contributed by atoms with van der Waals surface area (Å²) in [5.41, 5.74) is 3.25. The Bertz CT molecular complexity index is 411. The summed E-state index contributed by atoms with van der Waals surface area (Å²) in [6.45, 7) is 9.32. The summed E-state index contributed by atoms with van der Waals surface area (Å²) in [6.07, 6.45) is 3.85. The second-order valence-electron chi connectivity index (χ2n) is 6.51. The summed E-state index contributed by atoms with van der Waals surface area (Å²) < 4.78 is 0. The highest BCUT2D eigenvalue weighted by Gasteiger charge is 2.28. The third-order valence-corrected chi connectivity index (χ3v) is 4.66. The molecule has 0 aromatic heterocycles. The largest absolute Gasteiger partial charge is 0.371 e. The predicted octanol–water partition coefficient (Wildman–Crippen LogP) is 3.46. The molecule has 0 saturated heterocycles. The van der Waals surface area contributed by atoms with Gasteiger partial charge in [0.25, 0.3) is 0 Å². The van der Waals surface area contributed by atoms with Crippen molar-refractivity contribution in [1.82, 2.24) is 5.32 Å². The monoisotopic (exact) mass is 260 g/mol. The number of para-hydroxylation sites is 1. The Kier molecular flexibility index (Phi) is 4.51. The van der Waals surface area contributed by atoms with Crippen LogP contribution in [0.4, 0.5) is 5.69 Å². The molecule has 19 heavy (non-hydrogen) atoms. The van der Waals surface area contributed by atoms with E-state index >= 15 is 0 Å². The number of hydrogen-bond donors (Lipinski definition) is 1. The lowest BCUT2D eigenvalue weighted by molar-refractivity contribution is 0.271. The van der Waals surface area contributed by atoms with Crippen molar-refractivity contribution in [2.24, 2.45) is 5.41 Å². The Morgan fingerprint density at radius 2 is 2.00 bits per heavy atom. The van der Waals surface area contributed by atoms with Crippen LogP contribution in [0.25, 0.3) is 0 Å². The normalized spacial score (nSPS) is 17.8. The van der Waals surface area contributed by atoms with Crippen LogP contribution in [0.15, 0.2) is 24.3 Å². The van der Waals surface area contributed by atoms with Crippen LogP contribution >= 0.6 is 0 Å². The highest BCUT2D eigenvalue weighted by Crippen LogP contribution is 2.30. The van der Waals surface area contributed by atoms with E-state index in [1.165, 1.54) is 37.1 Å². The van der Waals surface area contributed by atoms with Gasteiger partial charge >= 0.3 is 0 Å². The second kappa shape index (κ2) is 5.96. The molecule has 1 heterocycles. The van der Waals surface area contributed by atoms with Crippen LogP contribution in [0.5, 0.6) is 0 Å². The summed E-state index contributed by atoms with van der Waals surface area (Å²) in [5, 5.41) is 3.41. The average Bonchev–Trinajstić information content (AvgIpc) is 2.60. The van der Waals surface area contributed by atoms with Gasteiger partial charge in [0.05, 0.1) is 0 Å². The molecule has 1 unspecified atom stereocenters. The topological polar surface area (TPSA) is 15.3 Å². The fourth-order valence-corrected chi connectivity index (χ4v) is 2.95. The van der Waals surface area contributed by atoms with Crippen molar-refractivity contribution in [3.05, 3.63) is 29.8 Å². The molecule has 0 bridgehead atoms. The number of rotatable bonds is 4. The molecule has 0 aliphatic carbocycles. The molecule has 0 fully saturated rings. The van der Waals surface area contributed by atoms with Crippen LogP contribution < -0.4 is 10.2 Å². The predicted molar refractivity (Wildman–Crippen MR) is 83.9 cm³/mol. The molecule has 2 heteroatoms. The van der Waals surface area contributed by atoms with Crippen molar-refractivity contribution >= 4 is 5.69 Å².